The van der Waals surface area contributed by atoms with E-state index in [1.54, 1.807) is 18.2 Å². The third kappa shape index (κ3) is 3.92. The summed E-state index contributed by atoms with van der Waals surface area (Å²) in [6, 6.07) is 4.03. The maximum Gasteiger partial charge on any atom is 0.318 e. The number of hydrogen-bond acceptors (Lipinski definition) is 4. The van der Waals surface area contributed by atoms with Crippen molar-refractivity contribution in [2.45, 2.75) is 24.1 Å². The van der Waals surface area contributed by atoms with Crippen LogP contribution in [0.5, 0.6) is 0 Å². The smallest absolute Gasteiger partial charge is 0.318 e. The summed E-state index contributed by atoms with van der Waals surface area (Å²) in [6.45, 7) is 3.66. The van der Waals surface area contributed by atoms with Crippen LogP contribution in [0.2, 0.25) is 0 Å². The number of nitrogens with zero attached hydrogens (tertiary/aromatic N) is 1. The van der Waals surface area contributed by atoms with Crippen LogP contribution in [0.3, 0.4) is 0 Å². The van der Waals surface area contributed by atoms with Gasteiger partial charge in [-0.25, -0.2) is 4.79 Å². The molecule has 0 aliphatic heterocycles. The Morgan fingerprint density at radius 1 is 1.44 bits per heavy atom. The molecule has 0 saturated heterocycles. The van der Waals surface area contributed by atoms with Crippen molar-refractivity contribution in [3.05, 3.63) is 29.6 Å². The zero-order valence-corrected chi connectivity index (χ0v) is 10.9. The lowest BCUT2D eigenvalue weighted by atomic mass is 10.1. The van der Waals surface area contributed by atoms with E-state index in [1.807, 2.05) is 19.2 Å². The van der Waals surface area contributed by atoms with Gasteiger partial charge in [0, 0.05) is 12.1 Å². The van der Waals surface area contributed by atoms with Crippen molar-refractivity contribution in [3.63, 3.8) is 0 Å². The molecule has 0 radical (unpaired) electrons. The molecule has 0 aliphatic rings. The van der Waals surface area contributed by atoms with Gasteiger partial charge in [0.05, 0.1) is 5.25 Å². The van der Waals surface area contributed by atoms with Crippen LogP contribution in [0, 0.1) is 11.1 Å². The highest BCUT2D eigenvalue weighted by Gasteiger charge is 2.27. The molecule has 1 atom stereocenters. The van der Waals surface area contributed by atoms with Gasteiger partial charge in [-0.1, -0.05) is 13.8 Å². The average molecular weight is 269 g/mol. The maximum absolute atomic E-state index is 11.8. The molecule has 7 heteroatoms. The number of thioether (sulfide) groups is 1. The summed E-state index contributed by atoms with van der Waals surface area (Å²) in [4.78, 5) is 22.4. The number of carbonyl (C=O) groups excluding carboxylic acids is 2. The molecule has 98 valence electrons. The Morgan fingerprint density at radius 2 is 2.11 bits per heavy atom. The Kier molecular flexibility index (Phi) is 4.96. The molecule has 18 heavy (non-hydrogen) atoms. The molecule has 6 nitrogen and oxygen atoms in total. The lowest BCUT2D eigenvalue weighted by molar-refractivity contribution is -0.645. The van der Waals surface area contributed by atoms with Gasteiger partial charge in [-0.05, 0) is 23.7 Å². The zero-order valence-electron chi connectivity index (χ0n) is 10.1. The standard InChI is InChI=1S/C11H15N3O3S/c1-7(2)9(10(15)13-11(12)16)18-8-5-3-4-6-14(8)17/h3-7,9H,1-2H3,(H3,12,13,15,16)/t9-/m1/s1. The van der Waals surface area contributed by atoms with E-state index < -0.39 is 17.2 Å². The second-order valence-corrected chi connectivity index (χ2v) is 5.16. The van der Waals surface area contributed by atoms with Crippen molar-refractivity contribution in [1.82, 2.24) is 5.32 Å². The number of hydrogen-bond donors (Lipinski definition) is 2. The predicted molar refractivity (Wildman–Crippen MR) is 67.6 cm³/mol. The van der Waals surface area contributed by atoms with Crippen molar-refractivity contribution < 1.29 is 14.3 Å². The lowest BCUT2D eigenvalue weighted by Gasteiger charge is -2.17. The van der Waals surface area contributed by atoms with Crippen LogP contribution in [0.15, 0.2) is 29.4 Å². The first-order valence-electron chi connectivity index (χ1n) is 5.37. The molecule has 0 bridgehead atoms. The van der Waals surface area contributed by atoms with Gasteiger partial charge in [-0.2, -0.15) is 4.73 Å². The second kappa shape index (κ2) is 6.25. The van der Waals surface area contributed by atoms with Gasteiger partial charge < -0.3 is 10.9 Å². The number of pyridine rings is 1. The molecule has 1 aromatic heterocycles. The minimum absolute atomic E-state index is 0.0467. The summed E-state index contributed by atoms with van der Waals surface area (Å²) >= 11 is 1.10. The molecule has 3 N–H and O–H groups in total. The molecule has 1 rings (SSSR count). The van der Waals surface area contributed by atoms with E-state index in [2.05, 4.69) is 0 Å². The second-order valence-electron chi connectivity index (χ2n) is 4.00. The van der Waals surface area contributed by atoms with Crippen LogP contribution in [0.25, 0.3) is 0 Å². The predicted octanol–water partition coefficient (Wildman–Crippen LogP) is 0.632. The van der Waals surface area contributed by atoms with Crippen LogP contribution in [0.4, 0.5) is 4.79 Å². The fourth-order valence-corrected chi connectivity index (χ4v) is 2.34. The summed E-state index contributed by atoms with van der Waals surface area (Å²) in [5.41, 5.74) is 4.91. The van der Waals surface area contributed by atoms with Crippen LogP contribution in [0.1, 0.15) is 13.8 Å². The Morgan fingerprint density at radius 3 is 2.61 bits per heavy atom. The van der Waals surface area contributed by atoms with Crippen LogP contribution in [-0.2, 0) is 4.79 Å². The Bertz CT molecular complexity index is 451. The van der Waals surface area contributed by atoms with Gasteiger partial charge >= 0.3 is 6.03 Å². The first-order valence-corrected chi connectivity index (χ1v) is 6.25. The van der Waals surface area contributed by atoms with Gasteiger partial charge in [0.2, 0.25) is 5.91 Å². The molecular formula is C11H15N3O3S. The Balaban J connectivity index is 2.84. The number of aromatic nitrogens is 1. The molecule has 0 unspecified atom stereocenters. The Labute approximate surface area is 109 Å². The molecule has 0 aliphatic carbocycles. The van der Waals surface area contributed by atoms with Crippen molar-refractivity contribution in [2.75, 3.05) is 0 Å². The van der Waals surface area contributed by atoms with Gasteiger partial charge in [0.15, 0.2) is 6.20 Å². The highest BCUT2D eigenvalue weighted by molar-refractivity contribution is 8.00. The monoisotopic (exact) mass is 269 g/mol. The quantitative estimate of drug-likeness (QED) is 0.476. The number of carbonyl (C=O) groups is 2. The molecule has 1 aromatic rings. The van der Waals surface area contributed by atoms with Crippen LogP contribution < -0.4 is 15.8 Å². The van der Waals surface area contributed by atoms with Gasteiger partial charge in [-0.3, -0.25) is 10.1 Å². The molecule has 3 amide bonds. The van der Waals surface area contributed by atoms with Crippen molar-refractivity contribution in [3.8, 4) is 0 Å². The topological polar surface area (TPSA) is 99.1 Å². The van der Waals surface area contributed by atoms with E-state index in [-0.39, 0.29) is 5.92 Å². The highest BCUT2D eigenvalue weighted by Crippen LogP contribution is 2.25. The van der Waals surface area contributed by atoms with Crippen LogP contribution >= 0.6 is 11.8 Å². The first-order chi connectivity index (χ1) is 8.41. The lowest BCUT2D eigenvalue weighted by Crippen LogP contribution is -2.43. The fraction of sp³-hybridized carbons (Fsp3) is 0.364. The third-order valence-electron chi connectivity index (χ3n) is 2.15. The Hall–Kier alpha value is -1.76. The minimum Gasteiger partial charge on any atom is -0.618 e. The molecule has 1 heterocycles. The van der Waals surface area contributed by atoms with E-state index in [1.165, 1.54) is 6.20 Å². The van der Waals surface area contributed by atoms with E-state index >= 15 is 0 Å². The average Bonchev–Trinajstić information content (AvgIpc) is 2.26. The van der Waals surface area contributed by atoms with Crippen molar-refractivity contribution in [2.24, 2.45) is 11.7 Å². The third-order valence-corrected chi connectivity index (χ3v) is 3.72. The number of amides is 3. The zero-order chi connectivity index (χ0) is 13.7. The maximum atomic E-state index is 11.8. The number of imide groups is 1. The molecule has 0 aromatic carbocycles. The number of primary amides is 1. The first kappa shape index (κ1) is 14.3. The molecule has 0 spiro atoms. The summed E-state index contributed by atoms with van der Waals surface area (Å²) in [5.74, 6) is -0.541. The van der Waals surface area contributed by atoms with Crippen LogP contribution in [-0.4, -0.2) is 17.2 Å². The number of rotatable bonds is 4. The van der Waals surface area contributed by atoms with E-state index in [0.29, 0.717) is 9.76 Å². The van der Waals surface area contributed by atoms with Gasteiger partial charge in [0.1, 0.15) is 0 Å². The summed E-state index contributed by atoms with van der Waals surface area (Å²) in [6.07, 6.45) is 1.35. The van der Waals surface area contributed by atoms with E-state index in [9.17, 15) is 14.8 Å². The van der Waals surface area contributed by atoms with Crippen molar-refractivity contribution in [1.29, 1.82) is 0 Å². The summed E-state index contributed by atoms with van der Waals surface area (Å²) in [7, 11) is 0. The molecule has 0 fully saturated rings. The highest BCUT2D eigenvalue weighted by atomic mass is 32.2. The number of nitrogens with one attached hydrogen (secondary N) is 1. The SMILES string of the molecule is CC(C)[C@@H](Sc1cccc[n+]1[O-])C(=O)NC(N)=O. The van der Waals surface area contributed by atoms with Crippen molar-refractivity contribution >= 4 is 23.7 Å². The largest absolute Gasteiger partial charge is 0.618 e. The molecule has 0 saturated carbocycles. The minimum atomic E-state index is -0.894. The fourth-order valence-electron chi connectivity index (χ4n) is 1.32. The van der Waals surface area contributed by atoms with E-state index in [4.69, 9.17) is 5.73 Å². The number of nitrogens with two attached hydrogens (primary N) is 1. The van der Waals surface area contributed by atoms with Gasteiger partial charge in [0.25, 0.3) is 5.03 Å². The summed E-state index contributed by atoms with van der Waals surface area (Å²) < 4.78 is 0.678. The summed E-state index contributed by atoms with van der Waals surface area (Å²) in [5, 5.41) is 13.4. The van der Waals surface area contributed by atoms with E-state index in [0.717, 1.165) is 11.8 Å². The van der Waals surface area contributed by atoms with Gasteiger partial charge in [-0.15, -0.1) is 0 Å². The number of urea groups is 1. The normalized spacial score (nSPS) is 12.2. The molecular weight excluding hydrogens is 254 g/mol.